The van der Waals surface area contributed by atoms with E-state index in [2.05, 4.69) is 19.2 Å². The van der Waals surface area contributed by atoms with E-state index in [0.717, 1.165) is 32.5 Å². The second-order valence-corrected chi connectivity index (χ2v) is 4.26. The highest BCUT2D eigenvalue weighted by Gasteiger charge is 2.22. The van der Waals surface area contributed by atoms with Gasteiger partial charge in [0.15, 0.2) is 0 Å². The molecule has 1 rings (SSSR count). The Morgan fingerprint density at radius 2 is 2.36 bits per heavy atom. The van der Waals surface area contributed by atoms with Gasteiger partial charge in [-0.2, -0.15) is 0 Å². The summed E-state index contributed by atoms with van der Waals surface area (Å²) in [6.45, 7) is 6.76. The molecule has 14 heavy (non-hydrogen) atoms. The first-order chi connectivity index (χ1) is 6.74. The third-order valence-corrected chi connectivity index (χ3v) is 2.97. The lowest BCUT2D eigenvalue weighted by Gasteiger charge is -2.21. The number of aliphatic hydroxyl groups excluding tert-OH is 1. The molecule has 1 heterocycles. The summed E-state index contributed by atoms with van der Waals surface area (Å²) in [5, 5.41) is 12.9. The van der Waals surface area contributed by atoms with Crippen LogP contribution in [-0.2, 0) is 4.74 Å². The maximum Gasteiger partial charge on any atom is 0.0664 e. The van der Waals surface area contributed by atoms with Gasteiger partial charge >= 0.3 is 0 Å². The molecule has 0 saturated carbocycles. The molecule has 0 spiro atoms. The van der Waals surface area contributed by atoms with Crippen molar-refractivity contribution in [3.05, 3.63) is 0 Å². The van der Waals surface area contributed by atoms with Gasteiger partial charge in [0, 0.05) is 19.2 Å². The van der Waals surface area contributed by atoms with Gasteiger partial charge in [0.2, 0.25) is 0 Å². The van der Waals surface area contributed by atoms with Crippen molar-refractivity contribution >= 4 is 0 Å². The minimum atomic E-state index is -0.190. The summed E-state index contributed by atoms with van der Waals surface area (Å²) >= 11 is 0. The number of hydrogen-bond donors (Lipinski definition) is 2. The van der Waals surface area contributed by atoms with Crippen LogP contribution in [0.15, 0.2) is 0 Å². The Kier molecular flexibility index (Phi) is 5.45. The maximum atomic E-state index is 9.55. The lowest BCUT2D eigenvalue weighted by molar-refractivity contribution is 0.147. The third kappa shape index (κ3) is 3.95. The number of rotatable bonds is 6. The normalized spacial score (nSPS) is 26.4. The molecule has 2 N–H and O–H groups in total. The minimum absolute atomic E-state index is 0.190. The van der Waals surface area contributed by atoms with Crippen LogP contribution in [0.5, 0.6) is 0 Å². The van der Waals surface area contributed by atoms with Gasteiger partial charge in [-0.25, -0.2) is 0 Å². The Labute approximate surface area is 86.8 Å². The molecule has 1 aliphatic heterocycles. The molecule has 0 aliphatic carbocycles. The maximum absolute atomic E-state index is 9.55. The number of hydrogen-bond acceptors (Lipinski definition) is 3. The summed E-state index contributed by atoms with van der Waals surface area (Å²) < 4.78 is 5.33. The molecule has 0 amide bonds. The summed E-state index contributed by atoms with van der Waals surface area (Å²) in [7, 11) is 0. The summed E-state index contributed by atoms with van der Waals surface area (Å²) in [5.41, 5.74) is 0. The van der Waals surface area contributed by atoms with Crippen LogP contribution in [0.1, 0.15) is 33.1 Å². The first-order valence-corrected chi connectivity index (χ1v) is 5.73. The van der Waals surface area contributed by atoms with E-state index < -0.39 is 0 Å². The molecule has 3 nitrogen and oxygen atoms in total. The predicted octanol–water partition coefficient (Wildman–Crippen LogP) is 1.16. The van der Waals surface area contributed by atoms with Gasteiger partial charge in [-0.15, -0.1) is 0 Å². The van der Waals surface area contributed by atoms with Crippen LogP contribution in [0.25, 0.3) is 0 Å². The summed E-state index contributed by atoms with van der Waals surface area (Å²) in [5.74, 6) is 0.629. The highest BCUT2D eigenvalue weighted by Crippen LogP contribution is 2.16. The fraction of sp³-hybridized carbons (Fsp3) is 1.00. The molecule has 3 heteroatoms. The quantitative estimate of drug-likeness (QED) is 0.677. The van der Waals surface area contributed by atoms with E-state index in [1.54, 1.807) is 0 Å². The largest absolute Gasteiger partial charge is 0.392 e. The molecule has 0 radical (unpaired) electrons. The smallest absolute Gasteiger partial charge is 0.0664 e. The van der Waals surface area contributed by atoms with Crippen molar-refractivity contribution in [3.63, 3.8) is 0 Å². The Morgan fingerprint density at radius 1 is 1.57 bits per heavy atom. The molecule has 3 unspecified atom stereocenters. The van der Waals surface area contributed by atoms with Crippen molar-refractivity contribution in [3.8, 4) is 0 Å². The molecule has 3 atom stereocenters. The van der Waals surface area contributed by atoms with Gasteiger partial charge in [-0.3, -0.25) is 0 Å². The van der Waals surface area contributed by atoms with Gasteiger partial charge < -0.3 is 15.2 Å². The molecule has 0 aromatic carbocycles. The number of ether oxygens (including phenoxy) is 1. The van der Waals surface area contributed by atoms with E-state index >= 15 is 0 Å². The minimum Gasteiger partial charge on any atom is -0.392 e. The molecular formula is C11H23NO2. The first kappa shape index (κ1) is 12.0. The predicted molar refractivity (Wildman–Crippen MR) is 57.3 cm³/mol. The Hall–Kier alpha value is -0.120. The standard InChI is InChI=1S/C11H23NO2/c1-3-4-11(13)7-12-9(2)10-5-6-14-8-10/h9-13H,3-8H2,1-2H3. The van der Waals surface area contributed by atoms with E-state index in [4.69, 9.17) is 4.74 Å². The summed E-state index contributed by atoms with van der Waals surface area (Å²) in [6.07, 6.45) is 2.90. The van der Waals surface area contributed by atoms with Crippen molar-refractivity contribution in [2.45, 2.75) is 45.3 Å². The molecule has 84 valence electrons. The third-order valence-electron chi connectivity index (χ3n) is 2.97. The van der Waals surface area contributed by atoms with Crippen molar-refractivity contribution in [1.29, 1.82) is 0 Å². The molecule has 1 fully saturated rings. The summed E-state index contributed by atoms with van der Waals surface area (Å²) in [6, 6.07) is 0.462. The van der Waals surface area contributed by atoms with Crippen molar-refractivity contribution in [2.75, 3.05) is 19.8 Å². The second kappa shape index (κ2) is 6.38. The van der Waals surface area contributed by atoms with Crippen LogP contribution in [0, 0.1) is 5.92 Å². The van der Waals surface area contributed by atoms with Crippen LogP contribution in [0.4, 0.5) is 0 Å². The van der Waals surface area contributed by atoms with Crippen LogP contribution < -0.4 is 5.32 Å². The van der Waals surface area contributed by atoms with Gasteiger partial charge in [0.1, 0.15) is 0 Å². The van der Waals surface area contributed by atoms with E-state index in [1.165, 1.54) is 0 Å². The highest BCUT2D eigenvalue weighted by atomic mass is 16.5. The van der Waals surface area contributed by atoms with E-state index in [9.17, 15) is 5.11 Å². The van der Waals surface area contributed by atoms with Gasteiger partial charge in [-0.05, 0) is 25.7 Å². The number of aliphatic hydroxyl groups is 1. The monoisotopic (exact) mass is 201 g/mol. The molecule has 0 aromatic rings. The summed E-state index contributed by atoms with van der Waals surface area (Å²) in [4.78, 5) is 0. The SMILES string of the molecule is CCCC(O)CNC(C)C1CCOC1. The zero-order valence-corrected chi connectivity index (χ0v) is 9.33. The van der Waals surface area contributed by atoms with Crippen molar-refractivity contribution in [1.82, 2.24) is 5.32 Å². The lowest BCUT2D eigenvalue weighted by Crippen LogP contribution is -2.38. The Balaban J connectivity index is 2.10. The van der Waals surface area contributed by atoms with E-state index in [-0.39, 0.29) is 6.10 Å². The Morgan fingerprint density at radius 3 is 2.93 bits per heavy atom. The molecular weight excluding hydrogens is 178 g/mol. The van der Waals surface area contributed by atoms with Crippen LogP contribution in [0.2, 0.25) is 0 Å². The number of nitrogens with one attached hydrogen (secondary N) is 1. The van der Waals surface area contributed by atoms with Crippen LogP contribution in [0.3, 0.4) is 0 Å². The van der Waals surface area contributed by atoms with Gasteiger partial charge in [0.05, 0.1) is 12.7 Å². The molecule has 0 aromatic heterocycles. The fourth-order valence-corrected chi connectivity index (χ4v) is 1.87. The first-order valence-electron chi connectivity index (χ1n) is 5.73. The molecule has 1 saturated heterocycles. The van der Waals surface area contributed by atoms with Crippen LogP contribution >= 0.6 is 0 Å². The molecule has 1 aliphatic rings. The lowest BCUT2D eigenvalue weighted by atomic mass is 10.0. The Bertz CT molecular complexity index is 146. The topological polar surface area (TPSA) is 41.5 Å². The average molecular weight is 201 g/mol. The van der Waals surface area contributed by atoms with E-state index in [1.807, 2.05) is 0 Å². The van der Waals surface area contributed by atoms with Crippen LogP contribution in [-0.4, -0.2) is 37.0 Å². The highest BCUT2D eigenvalue weighted by molar-refractivity contribution is 4.76. The van der Waals surface area contributed by atoms with E-state index in [0.29, 0.717) is 18.5 Å². The average Bonchev–Trinajstić information content (AvgIpc) is 2.67. The fourth-order valence-electron chi connectivity index (χ4n) is 1.87. The van der Waals surface area contributed by atoms with Gasteiger partial charge in [-0.1, -0.05) is 13.3 Å². The zero-order chi connectivity index (χ0) is 10.4. The van der Waals surface area contributed by atoms with Crippen molar-refractivity contribution < 1.29 is 9.84 Å². The van der Waals surface area contributed by atoms with Gasteiger partial charge in [0.25, 0.3) is 0 Å². The zero-order valence-electron chi connectivity index (χ0n) is 9.33. The molecule has 0 bridgehead atoms. The second-order valence-electron chi connectivity index (χ2n) is 4.26. The van der Waals surface area contributed by atoms with Crippen molar-refractivity contribution in [2.24, 2.45) is 5.92 Å².